The molecule has 0 spiro atoms. The lowest BCUT2D eigenvalue weighted by Gasteiger charge is -2.18. The summed E-state index contributed by atoms with van der Waals surface area (Å²) in [7, 11) is 0. The molecule has 1 fully saturated rings. The monoisotopic (exact) mass is 325 g/mol. The Balaban J connectivity index is 2.39. The van der Waals surface area contributed by atoms with Crippen LogP contribution in [0, 0.1) is 5.82 Å². The Hall–Kier alpha value is -1.11. The van der Waals surface area contributed by atoms with Crippen molar-refractivity contribution >= 4 is 27.5 Å². The van der Waals surface area contributed by atoms with E-state index in [0.717, 1.165) is 6.07 Å². The molecule has 18 heavy (non-hydrogen) atoms. The highest BCUT2D eigenvalue weighted by Crippen LogP contribution is 2.35. The van der Waals surface area contributed by atoms with Crippen LogP contribution < -0.4 is 4.90 Å². The number of carbonyl (C=O) groups excluding carboxylic acids is 1. The first kappa shape index (κ1) is 13.3. The Bertz CT molecular complexity index is 488. The van der Waals surface area contributed by atoms with Crippen molar-refractivity contribution in [3.63, 3.8) is 0 Å². The van der Waals surface area contributed by atoms with Crippen molar-refractivity contribution in [1.29, 1.82) is 0 Å². The summed E-state index contributed by atoms with van der Waals surface area (Å²) in [5.41, 5.74) is -1.29. The average Bonchev–Trinajstić information content (AvgIpc) is 2.57. The molecule has 1 aromatic carbocycles. The van der Waals surface area contributed by atoms with Crippen molar-refractivity contribution in [1.82, 2.24) is 0 Å². The minimum absolute atomic E-state index is 0.0654. The molecule has 0 saturated carbocycles. The maximum atomic E-state index is 13.1. The summed E-state index contributed by atoms with van der Waals surface area (Å²) in [6.45, 7) is 0.280. The highest BCUT2D eigenvalue weighted by molar-refractivity contribution is 9.09. The van der Waals surface area contributed by atoms with Gasteiger partial charge in [-0.3, -0.25) is 4.79 Å². The minimum atomic E-state index is -4.77. The van der Waals surface area contributed by atoms with Gasteiger partial charge in [-0.15, -0.1) is 0 Å². The third-order valence-corrected chi connectivity index (χ3v) is 3.26. The van der Waals surface area contributed by atoms with Crippen LogP contribution in [0.4, 0.5) is 23.2 Å². The fourth-order valence-electron chi connectivity index (χ4n) is 1.81. The zero-order valence-electron chi connectivity index (χ0n) is 8.97. The largest absolute Gasteiger partial charge is 0.419 e. The number of rotatable bonds is 1. The second kappa shape index (κ2) is 4.53. The Kier molecular flexibility index (Phi) is 3.35. The molecule has 0 N–H and O–H groups in total. The standard InChI is InChI=1S/C11H8BrF4NO/c12-6-3-10(18)17(5-6)7-1-2-9(13)8(4-7)11(14,15)16/h1-2,4,6H,3,5H2. The summed E-state index contributed by atoms with van der Waals surface area (Å²) in [6.07, 6.45) is -4.55. The molecule has 2 rings (SSSR count). The van der Waals surface area contributed by atoms with E-state index >= 15 is 0 Å². The van der Waals surface area contributed by atoms with Crippen LogP contribution in [-0.2, 0) is 11.0 Å². The van der Waals surface area contributed by atoms with Crippen LogP contribution in [0.5, 0.6) is 0 Å². The third-order valence-electron chi connectivity index (χ3n) is 2.64. The van der Waals surface area contributed by atoms with Gasteiger partial charge in [-0.1, -0.05) is 15.9 Å². The Morgan fingerprint density at radius 3 is 2.50 bits per heavy atom. The zero-order chi connectivity index (χ0) is 13.5. The molecular formula is C11H8BrF4NO. The predicted molar refractivity (Wildman–Crippen MR) is 61.1 cm³/mol. The van der Waals surface area contributed by atoms with Crippen LogP contribution in [0.2, 0.25) is 0 Å². The first-order valence-corrected chi connectivity index (χ1v) is 6.02. The van der Waals surface area contributed by atoms with Gasteiger partial charge in [-0.2, -0.15) is 13.2 Å². The zero-order valence-corrected chi connectivity index (χ0v) is 10.6. The fraction of sp³-hybridized carbons (Fsp3) is 0.364. The van der Waals surface area contributed by atoms with Crippen LogP contribution in [-0.4, -0.2) is 17.3 Å². The van der Waals surface area contributed by atoms with Crippen molar-refractivity contribution < 1.29 is 22.4 Å². The van der Waals surface area contributed by atoms with Crippen molar-refractivity contribution in [2.45, 2.75) is 17.4 Å². The van der Waals surface area contributed by atoms with Gasteiger partial charge in [0.25, 0.3) is 0 Å². The number of amides is 1. The van der Waals surface area contributed by atoms with Gasteiger partial charge in [0.1, 0.15) is 5.82 Å². The molecule has 2 nitrogen and oxygen atoms in total. The van der Waals surface area contributed by atoms with E-state index in [1.165, 1.54) is 11.0 Å². The summed E-state index contributed by atoms with van der Waals surface area (Å²) in [6, 6.07) is 2.57. The number of alkyl halides is 4. The van der Waals surface area contributed by atoms with Gasteiger partial charge in [0.2, 0.25) is 5.91 Å². The lowest BCUT2D eigenvalue weighted by molar-refractivity contribution is -0.140. The highest BCUT2D eigenvalue weighted by atomic mass is 79.9. The second-order valence-electron chi connectivity index (χ2n) is 3.97. The van der Waals surface area contributed by atoms with E-state index in [1.54, 1.807) is 0 Å². The maximum absolute atomic E-state index is 13.1. The summed E-state index contributed by atoms with van der Waals surface area (Å²) >= 11 is 3.23. The van der Waals surface area contributed by atoms with Gasteiger partial charge < -0.3 is 4.90 Å². The number of halogens is 5. The molecule has 0 radical (unpaired) electrons. The Morgan fingerprint density at radius 2 is 2.00 bits per heavy atom. The molecule has 1 atom stereocenters. The van der Waals surface area contributed by atoms with Gasteiger partial charge in [0, 0.05) is 23.5 Å². The molecule has 1 unspecified atom stereocenters. The average molecular weight is 326 g/mol. The quantitative estimate of drug-likeness (QED) is 0.573. The maximum Gasteiger partial charge on any atom is 0.419 e. The van der Waals surface area contributed by atoms with E-state index in [0.29, 0.717) is 6.07 Å². The molecule has 1 aliphatic heterocycles. The third kappa shape index (κ3) is 2.50. The first-order valence-electron chi connectivity index (χ1n) is 5.10. The molecule has 0 aliphatic carbocycles. The summed E-state index contributed by atoms with van der Waals surface area (Å²) in [4.78, 5) is 12.7. The van der Waals surface area contributed by atoms with E-state index in [1.807, 2.05) is 0 Å². The lowest BCUT2D eigenvalue weighted by Crippen LogP contribution is -2.25. The van der Waals surface area contributed by atoms with Gasteiger partial charge in [-0.05, 0) is 18.2 Å². The molecule has 1 amide bonds. The van der Waals surface area contributed by atoms with Crippen LogP contribution >= 0.6 is 15.9 Å². The predicted octanol–water partition coefficient (Wildman–Crippen LogP) is 3.34. The lowest BCUT2D eigenvalue weighted by atomic mass is 10.1. The topological polar surface area (TPSA) is 20.3 Å². The first-order chi connectivity index (χ1) is 8.29. The summed E-state index contributed by atoms with van der Waals surface area (Å²) in [5, 5.41) is 0. The van der Waals surface area contributed by atoms with Crippen LogP contribution in [0.15, 0.2) is 18.2 Å². The van der Waals surface area contributed by atoms with Crippen molar-refractivity contribution in [3.05, 3.63) is 29.6 Å². The molecule has 0 bridgehead atoms. The van der Waals surface area contributed by atoms with Gasteiger partial charge in [0.05, 0.1) is 5.56 Å². The molecule has 98 valence electrons. The SMILES string of the molecule is O=C1CC(Br)CN1c1ccc(F)c(C(F)(F)F)c1. The van der Waals surface area contributed by atoms with E-state index in [2.05, 4.69) is 15.9 Å². The number of hydrogen-bond acceptors (Lipinski definition) is 1. The van der Waals surface area contributed by atoms with Crippen molar-refractivity contribution in [3.8, 4) is 0 Å². The van der Waals surface area contributed by atoms with E-state index in [9.17, 15) is 22.4 Å². The fourth-order valence-corrected chi connectivity index (χ4v) is 2.38. The summed E-state index contributed by atoms with van der Waals surface area (Å²) in [5.74, 6) is -1.62. The van der Waals surface area contributed by atoms with Gasteiger partial charge in [-0.25, -0.2) is 4.39 Å². The Morgan fingerprint density at radius 1 is 1.33 bits per heavy atom. The minimum Gasteiger partial charge on any atom is -0.311 e. The van der Waals surface area contributed by atoms with Crippen molar-refractivity contribution in [2.24, 2.45) is 0 Å². The summed E-state index contributed by atoms with van der Waals surface area (Å²) < 4.78 is 50.7. The van der Waals surface area contributed by atoms with Crippen LogP contribution in [0.3, 0.4) is 0 Å². The number of hydrogen-bond donors (Lipinski definition) is 0. The molecule has 1 aliphatic rings. The molecule has 1 aromatic rings. The van der Waals surface area contributed by atoms with E-state index in [-0.39, 0.29) is 29.4 Å². The number of nitrogens with zero attached hydrogens (tertiary/aromatic N) is 1. The molecule has 0 aromatic heterocycles. The highest BCUT2D eigenvalue weighted by Gasteiger charge is 2.36. The van der Waals surface area contributed by atoms with E-state index < -0.39 is 17.6 Å². The number of carbonyl (C=O) groups is 1. The molecular weight excluding hydrogens is 318 g/mol. The van der Waals surface area contributed by atoms with Crippen LogP contribution in [0.1, 0.15) is 12.0 Å². The van der Waals surface area contributed by atoms with Crippen molar-refractivity contribution in [2.75, 3.05) is 11.4 Å². The van der Waals surface area contributed by atoms with E-state index in [4.69, 9.17) is 0 Å². The smallest absolute Gasteiger partial charge is 0.311 e. The molecule has 1 heterocycles. The Labute approximate surface area is 109 Å². The second-order valence-corrected chi connectivity index (χ2v) is 5.26. The van der Waals surface area contributed by atoms with Gasteiger partial charge in [0.15, 0.2) is 0 Å². The van der Waals surface area contributed by atoms with Crippen LogP contribution in [0.25, 0.3) is 0 Å². The number of benzene rings is 1. The normalized spacial score (nSPS) is 20.6. The molecule has 7 heteroatoms. The molecule has 1 saturated heterocycles. The van der Waals surface area contributed by atoms with Gasteiger partial charge >= 0.3 is 6.18 Å². The number of anilines is 1.